The Balaban J connectivity index is 1.51. The van der Waals surface area contributed by atoms with Crippen LogP contribution in [0.4, 0.5) is 5.95 Å². The number of aromatic nitrogens is 3. The summed E-state index contributed by atoms with van der Waals surface area (Å²) in [7, 11) is 0. The van der Waals surface area contributed by atoms with Crippen molar-refractivity contribution < 1.29 is 4.74 Å². The third kappa shape index (κ3) is 2.65. The van der Waals surface area contributed by atoms with Gasteiger partial charge in [0.25, 0.3) is 0 Å². The number of nitrogens with one attached hydrogen (secondary N) is 1. The van der Waals surface area contributed by atoms with E-state index in [2.05, 4.69) is 42.9 Å². The van der Waals surface area contributed by atoms with Gasteiger partial charge in [0.1, 0.15) is 5.15 Å². The van der Waals surface area contributed by atoms with E-state index in [1.807, 2.05) is 0 Å². The van der Waals surface area contributed by atoms with Crippen LogP contribution in [0.15, 0.2) is 12.4 Å². The molecule has 1 spiro atoms. The van der Waals surface area contributed by atoms with E-state index >= 15 is 0 Å². The van der Waals surface area contributed by atoms with Crippen LogP contribution >= 0.6 is 34.2 Å². The SMILES string of the molecule is Clc1ncc(I)c2nc(N[C@H]3CC[C@@]4(CCO4)CC3)ncc12. The molecule has 1 N–H and O–H groups in total. The molecule has 2 aliphatic rings. The van der Waals surface area contributed by atoms with Crippen LogP contribution in [0.2, 0.25) is 5.15 Å². The average molecular weight is 431 g/mol. The van der Waals surface area contributed by atoms with Crippen LogP contribution in [0.5, 0.6) is 0 Å². The summed E-state index contributed by atoms with van der Waals surface area (Å²) in [5, 5.41) is 4.70. The number of nitrogens with zero attached hydrogens (tertiary/aromatic N) is 3. The predicted octanol–water partition coefficient (Wildman–Crippen LogP) is 3.80. The Morgan fingerprint density at radius 2 is 2.00 bits per heavy atom. The Bertz CT molecular complexity index is 712. The van der Waals surface area contributed by atoms with E-state index in [0.717, 1.165) is 46.8 Å². The van der Waals surface area contributed by atoms with Gasteiger partial charge >= 0.3 is 0 Å². The first-order chi connectivity index (χ1) is 10.7. The van der Waals surface area contributed by atoms with E-state index in [-0.39, 0.29) is 5.60 Å². The first-order valence-corrected chi connectivity index (χ1v) is 8.98. The average Bonchev–Trinajstić information content (AvgIpc) is 2.50. The molecule has 1 saturated heterocycles. The van der Waals surface area contributed by atoms with Crippen molar-refractivity contribution in [2.75, 3.05) is 11.9 Å². The molecule has 0 atom stereocenters. The second kappa shape index (κ2) is 5.72. The number of fused-ring (bicyclic) bond motifs is 1. The van der Waals surface area contributed by atoms with E-state index < -0.39 is 0 Å². The number of anilines is 1. The standard InChI is InChI=1S/C15H16ClIN4O/c16-13-10-7-19-14(21-12(10)11(17)8-18-13)20-9-1-3-15(4-2-9)5-6-22-15/h7-9H,1-6H2,(H,19,20,21)/t9-,15-. The maximum Gasteiger partial charge on any atom is 0.223 e. The molecule has 1 aliphatic carbocycles. The van der Waals surface area contributed by atoms with E-state index in [1.54, 1.807) is 12.4 Å². The largest absolute Gasteiger partial charge is 0.375 e. The minimum absolute atomic E-state index is 0.191. The zero-order valence-electron chi connectivity index (χ0n) is 12.0. The zero-order chi connectivity index (χ0) is 15.2. The molecule has 0 aromatic carbocycles. The van der Waals surface area contributed by atoms with Crippen molar-refractivity contribution >= 4 is 51.0 Å². The smallest absolute Gasteiger partial charge is 0.223 e. The number of rotatable bonds is 2. The van der Waals surface area contributed by atoms with Crippen molar-refractivity contribution in [3.63, 3.8) is 0 Å². The van der Waals surface area contributed by atoms with E-state index in [1.165, 1.54) is 6.42 Å². The van der Waals surface area contributed by atoms with Crippen LogP contribution in [0.3, 0.4) is 0 Å². The van der Waals surface area contributed by atoms with Crippen LogP contribution in [0, 0.1) is 3.57 Å². The van der Waals surface area contributed by atoms with Crippen molar-refractivity contribution in [3.8, 4) is 0 Å². The highest BCUT2D eigenvalue weighted by atomic mass is 127. The molecule has 2 aromatic heterocycles. The van der Waals surface area contributed by atoms with E-state index in [0.29, 0.717) is 17.1 Å². The van der Waals surface area contributed by atoms with Crippen molar-refractivity contribution in [1.82, 2.24) is 15.0 Å². The molecule has 0 amide bonds. The Morgan fingerprint density at radius 3 is 2.68 bits per heavy atom. The summed E-state index contributed by atoms with van der Waals surface area (Å²) in [5.74, 6) is 0.670. The van der Waals surface area contributed by atoms with E-state index in [9.17, 15) is 0 Å². The van der Waals surface area contributed by atoms with Gasteiger partial charge in [-0.3, -0.25) is 0 Å². The van der Waals surface area contributed by atoms with Gasteiger partial charge < -0.3 is 10.1 Å². The number of pyridine rings is 1. The molecule has 5 nitrogen and oxygen atoms in total. The predicted molar refractivity (Wildman–Crippen MR) is 94.2 cm³/mol. The van der Waals surface area contributed by atoms with Crippen molar-refractivity contribution in [3.05, 3.63) is 21.1 Å². The van der Waals surface area contributed by atoms with Crippen molar-refractivity contribution in [2.24, 2.45) is 0 Å². The Hall–Kier alpha value is -0.730. The van der Waals surface area contributed by atoms with E-state index in [4.69, 9.17) is 16.3 Å². The van der Waals surface area contributed by atoms with Crippen LogP contribution < -0.4 is 5.32 Å². The molecule has 22 heavy (non-hydrogen) atoms. The molecule has 3 heterocycles. The van der Waals surface area contributed by atoms with Crippen LogP contribution in [0.1, 0.15) is 32.1 Å². The van der Waals surface area contributed by atoms with Crippen LogP contribution in [-0.4, -0.2) is 33.2 Å². The summed E-state index contributed by atoms with van der Waals surface area (Å²) >= 11 is 8.32. The van der Waals surface area contributed by atoms with Crippen molar-refractivity contribution in [2.45, 2.75) is 43.7 Å². The van der Waals surface area contributed by atoms with Gasteiger partial charge in [0.15, 0.2) is 0 Å². The molecule has 7 heteroatoms. The highest BCUT2D eigenvalue weighted by molar-refractivity contribution is 14.1. The summed E-state index contributed by atoms with van der Waals surface area (Å²) in [6, 6.07) is 0.419. The lowest BCUT2D eigenvalue weighted by Crippen LogP contribution is -2.48. The second-order valence-corrected chi connectivity index (χ2v) is 7.57. The van der Waals surface area contributed by atoms with Gasteiger partial charge in [-0.15, -0.1) is 0 Å². The lowest BCUT2D eigenvalue weighted by molar-refractivity contribution is -0.165. The molecule has 1 saturated carbocycles. The number of halogens is 2. The Kier molecular flexibility index (Phi) is 3.86. The third-order valence-electron chi connectivity index (χ3n) is 4.72. The van der Waals surface area contributed by atoms with Crippen molar-refractivity contribution in [1.29, 1.82) is 0 Å². The Morgan fingerprint density at radius 1 is 1.23 bits per heavy atom. The molecule has 0 bridgehead atoms. The summed E-state index contributed by atoms with van der Waals surface area (Å²) < 4.78 is 6.74. The zero-order valence-corrected chi connectivity index (χ0v) is 14.9. The summed E-state index contributed by atoms with van der Waals surface area (Å²) in [5.41, 5.74) is 1.05. The molecule has 1 aliphatic heterocycles. The highest BCUT2D eigenvalue weighted by Crippen LogP contribution is 2.41. The number of ether oxygens (including phenoxy) is 1. The topological polar surface area (TPSA) is 59.9 Å². The first kappa shape index (κ1) is 14.8. The molecule has 0 radical (unpaired) electrons. The van der Waals surface area contributed by atoms with Gasteiger partial charge in [0.05, 0.1) is 26.7 Å². The number of hydrogen-bond donors (Lipinski definition) is 1. The van der Waals surface area contributed by atoms with Gasteiger partial charge in [-0.1, -0.05) is 11.6 Å². The minimum atomic E-state index is 0.191. The summed E-state index contributed by atoms with van der Waals surface area (Å²) in [6.07, 6.45) is 9.18. The second-order valence-electron chi connectivity index (χ2n) is 6.05. The highest BCUT2D eigenvalue weighted by Gasteiger charge is 2.41. The molecule has 2 fully saturated rings. The summed E-state index contributed by atoms with van der Waals surface area (Å²) in [4.78, 5) is 13.1. The van der Waals surface area contributed by atoms with Gasteiger partial charge in [-0.05, 0) is 54.7 Å². The maximum absolute atomic E-state index is 6.10. The fraction of sp³-hybridized carbons (Fsp3) is 0.533. The van der Waals surface area contributed by atoms with Gasteiger partial charge in [0, 0.05) is 18.4 Å². The lowest BCUT2D eigenvalue weighted by Gasteiger charge is -2.46. The molecular formula is C15H16ClIN4O. The van der Waals surface area contributed by atoms with Crippen LogP contribution in [0.25, 0.3) is 10.9 Å². The fourth-order valence-electron chi connectivity index (χ4n) is 3.28. The monoisotopic (exact) mass is 430 g/mol. The van der Waals surface area contributed by atoms with Gasteiger partial charge in [-0.25, -0.2) is 15.0 Å². The normalized spacial score (nSPS) is 27.8. The number of hydrogen-bond acceptors (Lipinski definition) is 5. The molecule has 2 aromatic rings. The lowest BCUT2D eigenvalue weighted by atomic mass is 9.77. The minimum Gasteiger partial charge on any atom is -0.375 e. The molecular weight excluding hydrogens is 415 g/mol. The first-order valence-electron chi connectivity index (χ1n) is 7.52. The van der Waals surface area contributed by atoms with Crippen LogP contribution in [-0.2, 0) is 4.74 Å². The fourth-order valence-corrected chi connectivity index (χ4v) is 4.02. The Labute approximate surface area is 147 Å². The maximum atomic E-state index is 6.10. The third-order valence-corrected chi connectivity index (χ3v) is 5.82. The summed E-state index contributed by atoms with van der Waals surface area (Å²) in [6.45, 7) is 0.930. The molecule has 4 rings (SSSR count). The van der Waals surface area contributed by atoms with Gasteiger partial charge in [-0.2, -0.15) is 0 Å². The quantitative estimate of drug-likeness (QED) is 0.580. The molecule has 0 unspecified atom stereocenters. The van der Waals surface area contributed by atoms with Gasteiger partial charge in [0.2, 0.25) is 5.95 Å². The molecule has 116 valence electrons.